The molecule has 37 heavy (non-hydrogen) atoms. The molecule has 196 valence electrons. The molecular weight excluding hydrogens is 507 g/mol. The summed E-state index contributed by atoms with van der Waals surface area (Å²) in [6.07, 6.45) is 0.337. The minimum absolute atomic E-state index is 0.125. The van der Waals surface area contributed by atoms with Gasteiger partial charge in [-0.1, -0.05) is 65.7 Å². The molecule has 2 amide bonds. The van der Waals surface area contributed by atoms with Crippen LogP contribution in [0.15, 0.2) is 66.7 Å². The monoisotopic (exact) mass is 540 g/mol. The number of nitrogens with one attached hydrogen (secondary N) is 1. The van der Waals surface area contributed by atoms with Gasteiger partial charge in [0.2, 0.25) is 5.91 Å². The summed E-state index contributed by atoms with van der Waals surface area (Å²) in [6.45, 7) is 9.65. The second-order valence-electron chi connectivity index (χ2n) is 10.2. The van der Waals surface area contributed by atoms with Gasteiger partial charge < -0.3 is 15.0 Å². The third-order valence-electron chi connectivity index (χ3n) is 5.97. The molecule has 0 saturated heterocycles. The van der Waals surface area contributed by atoms with Crippen LogP contribution >= 0.6 is 23.2 Å². The molecule has 1 atom stereocenters. The van der Waals surface area contributed by atoms with Gasteiger partial charge in [0.15, 0.2) is 6.61 Å². The Labute approximate surface area is 229 Å². The number of nitrogens with zero attached hydrogens (tertiary/aromatic N) is 1. The van der Waals surface area contributed by atoms with E-state index in [4.69, 9.17) is 27.9 Å². The molecule has 0 aliphatic carbocycles. The summed E-state index contributed by atoms with van der Waals surface area (Å²) in [5.41, 5.74) is 3.36. The van der Waals surface area contributed by atoms with Gasteiger partial charge in [-0.05, 0) is 81.1 Å². The van der Waals surface area contributed by atoms with E-state index in [1.807, 2.05) is 83.1 Å². The lowest BCUT2D eigenvalue weighted by atomic mass is 10.0. The van der Waals surface area contributed by atoms with Gasteiger partial charge in [-0.2, -0.15) is 0 Å². The number of amides is 2. The van der Waals surface area contributed by atoms with Crippen LogP contribution in [0.1, 0.15) is 43.0 Å². The maximum Gasteiger partial charge on any atom is 0.261 e. The van der Waals surface area contributed by atoms with Gasteiger partial charge in [0.25, 0.3) is 5.91 Å². The standard InChI is InChI=1S/C30H34Cl2N2O3/c1-20-11-14-25(15-21(20)2)37-19-28(35)34(18-23-12-13-24(31)17-26(23)32)27(29(36)33-30(3,4)5)16-22-9-7-6-8-10-22/h6-15,17,27H,16,18-19H2,1-5H3,(H,33,36). The number of halogens is 2. The van der Waals surface area contributed by atoms with Crippen LogP contribution in [0.5, 0.6) is 5.75 Å². The van der Waals surface area contributed by atoms with Gasteiger partial charge in [0.05, 0.1) is 0 Å². The van der Waals surface area contributed by atoms with Gasteiger partial charge in [0.1, 0.15) is 11.8 Å². The molecule has 0 aromatic heterocycles. The fraction of sp³-hybridized carbons (Fsp3) is 0.333. The predicted octanol–water partition coefficient (Wildman–Crippen LogP) is 6.54. The predicted molar refractivity (Wildman–Crippen MR) is 150 cm³/mol. The molecule has 0 saturated carbocycles. The van der Waals surface area contributed by atoms with E-state index in [0.717, 1.165) is 16.7 Å². The summed E-state index contributed by atoms with van der Waals surface area (Å²) in [5, 5.41) is 3.97. The zero-order chi connectivity index (χ0) is 27.2. The summed E-state index contributed by atoms with van der Waals surface area (Å²) in [7, 11) is 0. The molecule has 0 bridgehead atoms. The van der Waals surface area contributed by atoms with Crippen LogP contribution < -0.4 is 10.1 Å². The molecule has 5 nitrogen and oxygen atoms in total. The second-order valence-corrected chi connectivity index (χ2v) is 11.1. The number of ether oxygens (including phenoxy) is 1. The lowest BCUT2D eigenvalue weighted by Gasteiger charge is -2.34. The van der Waals surface area contributed by atoms with Crippen molar-refractivity contribution in [2.75, 3.05) is 6.61 Å². The molecule has 1 unspecified atom stereocenters. The Hall–Kier alpha value is -3.02. The largest absolute Gasteiger partial charge is 0.484 e. The molecule has 1 N–H and O–H groups in total. The van der Waals surface area contributed by atoms with Gasteiger partial charge >= 0.3 is 0 Å². The van der Waals surface area contributed by atoms with Crippen LogP contribution in [-0.4, -0.2) is 34.9 Å². The topological polar surface area (TPSA) is 58.6 Å². The van der Waals surface area contributed by atoms with Crippen molar-refractivity contribution in [3.8, 4) is 5.75 Å². The quantitative estimate of drug-likeness (QED) is 0.335. The van der Waals surface area contributed by atoms with E-state index >= 15 is 0 Å². The average Bonchev–Trinajstić information content (AvgIpc) is 2.82. The number of hydrogen-bond donors (Lipinski definition) is 1. The first-order valence-corrected chi connectivity index (χ1v) is 13.0. The normalized spacial score (nSPS) is 12.1. The van der Waals surface area contributed by atoms with E-state index in [0.29, 0.717) is 27.8 Å². The van der Waals surface area contributed by atoms with Crippen LogP contribution in [-0.2, 0) is 22.6 Å². The molecule has 3 aromatic rings. The Morgan fingerprint density at radius 1 is 0.946 bits per heavy atom. The number of carbonyl (C=O) groups excluding carboxylic acids is 2. The SMILES string of the molecule is Cc1ccc(OCC(=O)N(Cc2ccc(Cl)cc2Cl)C(Cc2ccccc2)C(=O)NC(C)(C)C)cc1C. The fourth-order valence-electron chi connectivity index (χ4n) is 3.87. The van der Waals surface area contributed by atoms with Crippen molar-refractivity contribution >= 4 is 35.0 Å². The highest BCUT2D eigenvalue weighted by Crippen LogP contribution is 2.25. The first-order chi connectivity index (χ1) is 17.4. The Morgan fingerprint density at radius 2 is 1.65 bits per heavy atom. The Kier molecular flexibility index (Phi) is 9.63. The molecular formula is C30H34Cl2N2O3. The zero-order valence-corrected chi connectivity index (χ0v) is 23.5. The minimum atomic E-state index is -0.788. The smallest absolute Gasteiger partial charge is 0.261 e. The molecule has 0 aliphatic heterocycles. The van der Waals surface area contributed by atoms with Crippen LogP contribution in [0.2, 0.25) is 10.0 Å². The fourth-order valence-corrected chi connectivity index (χ4v) is 4.34. The van der Waals surface area contributed by atoms with Crippen LogP contribution in [0.3, 0.4) is 0 Å². The number of carbonyl (C=O) groups is 2. The Morgan fingerprint density at radius 3 is 2.27 bits per heavy atom. The number of benzene rings is 3. The van der Waals surface area contributed by atoms with E-state index in [-0.39, 0.29) is 25.0 Å². The number of aryl methyl sites for hydroxylation is 2. The van der Waals surface area contributed by atoms with E-state index in [1.54, 1.807) is 23.1 Å². The highest BCUT2D eigenvalue weighted by Gasteiger charge is 2.32. The maximum atomic E-state index is 13.7. The molecule has 0 heterocycles. The Bertz CT molecular complexity index is 1240. The third kappa shape index (κ3) is 8.51. The number of rotatable bonds is 9. The third-order valence-corrected chi connectivity index (χ3v) is 6.55. The summed E-state index contributed by atoms with van der Waals surface area (Å²) in [6, 6.07) is 19.7. The van der Waals surface area contributed by atoms with Gasteiger partial charge in [-0.3, -0.25) is 9.59 Å². The van der Waals surface area contributed by atoms with Crippen molar-refractivity contribution < 1.29 is 14.3 Å². The van der Waals surface area contributed by atoms with Crippen molar-refractivity contribution in [3.63, 3.8) is 0 Å². The van der Waals surface area contributed by atoms with Crippen molar-refractivity contribution in [3.05, 3.63) is 99.0 Å². The van der Waals surface area contributed by atoms with Crippen molar-refractivity contribution in [1.82, 2.24) is 10.2 Å². The summed E-state index contributed by atoms with van der Waals surface area (Å²) >= 11 is 12.6. The van der Waals surface area contributed by atoms with Crippen LogP contribution in [0, 0.1) is 13.8 Å². The first-order valence-electron chi connectivity index (χ1n) is 12.2. The van der Waals surface area contributed by atoms with Crippen LogP contribution in [0.25, 0.3) is 0 Å². The van der Waals surface area contributed by atoms with Crippen molar-refractivity contribution in [1.29, 1.82) is 0 Å². The van der Waals surface area contributed by atoms with Gasteiger partial charge in [-0.15, -0.1) is 0 Å². The molecule has 0 aliphatic rings. The van der Waals surface area contributed by atoms with E-state index < -0.39 is 11.6 Å². The molecule has 0 radical (unpaired) electrons. The van der Waals surface area contributed by atoms with E-state index in [9.17, 15) is 9.59 Å². The highest BCUT2D eigenvalue weighted by atomic mass is 35.5. The average molecular weight is 542 g/mol. The highest BCUT2D eigenvalue weighted by molar-refractivity contribution is 6.35. The second kappa shape index (κ2) is 12.5. The zero-order valence-electron chi connectivity index (χ0n) is 22.0. The summed E-state index contributed by atoms with van der Waals surface area (Å²) in [4.78, 5) is 28.8. The molecule has 3 aromatic carbocycles. The van der Waals surface area contributed by atoms with Gasteiger partial charge in [-0.25, -0.2) is 0 Å². The van der Waals surface area contributed by atoms with E-state index in [1.165, 1.54) is 0 Å². The van der Waals surface area contributed by atoms with Crippen molar-refractivity contribution in [2.45, 2.75) is 59.2 Å². The van der Waals surface area contributed by atoms with Crippen molar-refractivity contribution in [2.24, 2.45) is 0 Å². The molecule has 7 heteroatoms. The Balaban J connectivity index is 1.96. The minimum Gasteiger partial charge on any atom is -0.484 e. The summed E-state index contributed by atoms with van der Waals surface area (Å²) in [5.74, 6) is 0.0230. The molecule has 3 rings (SSSR count). The first kappa shape index (κ1) is 28.5. The lowest BCUT2D eigenvalue weighted by Crippen LogP contribution is -2.55. The molecule has 0 fully saturated rings. The maximum absolute atomic E-state index is 13.7. The van der Waals surface area contributed by atoms with Crippen LogP contribution in [0.4, 0.5) is 0 Å². The summed E-state index contributed by atoms with van der Waals surface area (Å²) < 4.78 is 5.88. The van der Waals surface area contributed by atoms with Gasteiger partial charge in [0, 0.05) is 28.5 Å². The van der Waals surface area contributed by atoms with E-state index in [2.05, 4.69) is 5.32 Å². The number of hydrogen-bond acceptors (Lipinski definition) is 3. The molecule has 0 spiro atoms. The lowest BCUT2D eigenvalue weighted by molar-refractivity contribution is -0.143.